The van der Waals surface area contributed by atoms with Crippen molar-refractivity contribution in [3.8, 4) is 0 Å². The Balaban J connectivity index is 1.37. The van der Waals surface area contributed by atoms with Gasteiger partial charge in [0.05, 0.1) is 37.3 Å². The fourth-order valence-electron chi connectivity index (χ4n) is 7.20. The van der Waals surface area contributed by atoms with Crippen molar-refractivity contribution in [2.45, 2.75) is 58.7 Å². The lowest BCUT2D eigenvalue weighted by Gasteiger charge is -2.46. The van der Waals surface area contributed by atoms with Gasteiger partial charge in [0, 0.05) is 17.6 Å². The highest BCUT2D eigenvalue weighted by Gasteiger charge is 2.50. The number of carbonyl (C=O) groups excluding carboxylic acids is 1. The molecule has 0 fully saturated rings. The molecule has 0 N–H and O–H groups in total. The topological polar surface area (TPSA) is 47.4 Å². The summed E-state index contributed by atoms with van der Waals surface area (Å²) < 4.78 is 9.62. The number of fused-ring (bicyclic) bond motifs is 1. The number of hydrogen-bond acceptors (Lipinski definition) is 3. The van der Waals surface area contributed by atoms with E-state index in [1.165, 1.54) is 10.4 Å². The van der Waals surface area contributed by atoms with Crippen molar-refractivity contribution in [2.24, 2.45) is 5.41 Å². The van der Waals surface area contributed by atoms with Gasteiger partial charge in [-0.25, -0.2) is 4.98 Å². The van der Waals surface area contributed by atoms with Gasteiger partial charge >= 0.3 is 0 Å². The first-order valence-corrected chi connectivity index (χ1v) is 17.7. The van der Waals surface area contributed by atoms with Crippen LogP contribution in [0.2, 0.25) is 5.04 Å². The molecule has 4 aromatic carbocycles. The lowest BCUT2D eigenvalue weighted by Crippen LogP contribution is -2.66. The van der Waals surface area contributed by atoms with Crippen LogP contribution in [-0.4, -0.2) is 30.3 Å². The van der Waals surface area contributed by atoms with Crippen molar-refractivity contribution in [3.63, 3.8) is 0 Å². The Morgan fingerprint density at radius 3 is 2.00 bits per heavy atom. The van der Waals surface area contributed by atoms with Crippen molar-refractivity contribution in [3.05, 3.63) is 145 Å². The molecule has 1 amide bonds. The fraction of sp³-hybridized carbons (Fsp3) is 0.282. The zero-order chi connectivity index (χ0) is 31.7. The lowest BCUT2D eigenvalue weighted by atomic mass is 9.75. The van der Waals surface area contributed by atoms with Crippen LogP contribution in [0.15, 0.2) is 128 Å². The van der Waals surface area contributed by atoms with Gasteiger partial charge in [-0.2, -0.15) is 0 Å². The Bertz CT molecular complexity index is 1700. The number of para-hydroxylation sites is 1. The van der Waals surface area contributed by atoms with Gasteiger partial charge in [-0.15, -0.1) is 0 Å². The minimum absolute atomic E-state index is 0.0188. The maximum Gasteiger partial charge on any atom is 0.261 e. The number of anilines is 1. The standard InChI is InChI=1S/C39H43N3O2Si/c1-38(2,3)45(32-19-11-7-12-20-32,33-21-13-8-14-22-33)44-27-31-26-40-29-42(31)37-34-23-15-16-24-35(34)41(28-39(37,4)5)36(43)25-30-17-9-6-10-18-30/h6-24,26,29,37H,25,27-28H2,1-5H3. The van der Waals surface area contributed by atoms with Crippen molar-refractivity contribution in [1.29, 1.82) is 0 Å². The molecule has 1 unspecified atom stereocenters. The Kier molecular flexibility index (Phi) is 8.38. The molecule has 0 saturated carbocycles. The molecule has 6 heteroatoms. The summed E-state index contributed by atoms with van der Waals surface area (Å²) >= 11 is 0. The largest absolute Gasteiger partial charge is 0.402 e. The number of aromatic nitrogens is 2. The average molecular weight is 614 g/mol. The molecule has 45 heavy (non-hydrogen) atoms. The Morgan fingerprint density at radius 1 is 0.844 bits per heavy atom. The normalized spacial score (nSPS) is 16.3. The predicted octanol–water partition coefficient (Wildman–Crippen LogP) is 7.16. The molecule has 0 spiro atoms. The molecule has 5 nitrogen and oxygen atoms in total. The molecule has 0 bridgehead atoms. The highest BCUT2D eigenvalue weighted by molar-refractivity contribution is 6.99. The van der Waals surface area contributed by atoms with E-state index in [0.717, 1.165) is 22.5 Å². The minimum atomic E-state index is -2.74. The third kappa shape index (κ3) is 5.80. The molecule has 1 atom stereocenters. The number of nitrogens with zero attached hydrogens (tertiary/aromatic N) is 3. The van der Waals surface area contributed by atoms with E-state index in [4.69, 9.17) is 4.43 Å². The molecule has 2 heterocycles. The molecule has 0 saturated heterocycles. The third-order valence-corrected chi connectivity index (χ3v) is 14.2. The average Bonchev–Trinajstić information content (AvgIpc) is 3.49. The summed E-state index contributed by atoms with van der Waals surface area (Å²) in [5, 5.41) is 2.38. The number of carbonyl (C=O) groups is 1. The highest BCUT2D eigenvalue weighted by Crippen LogP contribution is 2.47. The van der Waals surface area contributed by atoms with Crippen LogP contribution in [0.3, 0.4) is 0 Å². The third-order valence-electron chi connectivity index (χ3n) is 9.21. The maximum absolute atomic E-state index is 13.7. The monoisotopic (exact) mass is 613 g/mol. The van der Waals surface area contributed by atoms with Gasteiger partial charge in [0.2, 0.25) is 5.91 Å². The summed E-state index contributed by atoms with van der Waals surface area (Å²) in [7, 11) is -2.74. The Labute approximate surface area is 268 Å². The van der Waals surface area contributed by atoms with Gasteiger partial charge in [-0.05, 0) is 32.6 Å². The van der Waals surface area contributed by atoms with Gasteiger partial charge < -0.3 is 13.9 Å². The number of hydrogen-bond donors (Lipinski definition) is 0. The molecular weight excluding hydrogens is 571 g/mol. The summed E-state index contributed by atoms with van der Waals surface area (Å²) in [5.41, 5.74) is 3.88. The predicted molar refractivity (Wildman–Crippen MR) is 185 cm³/mol. The second kappa shape index (κ2) is 12.3. The molecule has 6 rings (SSSR count). The maximum atomic E-state index is 13.7. The second-order valence-electron chi connectivity index (χ2n) is 13.8. The first-order valence-electron chi connectivity index (χ1n) is 15.8. The van der Waals surface area contributed by atoms with Gasteiger partial charge in [-0.3, -0.25) is 4.79 Å². The van der Waals surface area contributed by atoms with E-state index >= 15 is 0 Å². The molecule has 5 aromatic rings. The summed E-state index contributed by atoms with van der Waals surface area (Å²) in [5.74, 6) is 0.112. The molecule has 0 radical (unpaired) electrons. The van der Waals surface area contributed by atoms with Gasteiger partial charge in [0.25, 0.3) is 8.32 Å². The van der Waals surface area contributed by atoms with Crippen molar-refractivity contribution in [1.82, 2.24) is 9.55 Å². The van der Waals surface area contributed by atoms with Crippen molar-refractivity contribution in [2.75, 3.05) is 11.4 Å². The van der Waals surface area contributed by atoms with E-state index in [2.05, 4.69) is 123 Å². The van der Waals surface area contributed by atoms with E-state index in [-0.39, 0.29) is 22.4 Å². The van der Waals surface area contributed by atoms with Crippen LogP contribution in [0, 0.1) is 5.41 Å². The molecule has 230 valence electrons. The van der Waals surface area contributed by atoms with E-state index in [9.17, 15) is 4.79 Å². The first kappa shape index (κ1) is 30.7. The zero-order valence-corrected chi connectivity index (χ0v) is 28.0. The van der Waals surface area contributed by atoms with Crippen molar-refractivity contribution >= 4 is 30.3 Å². The van der Waals surface area contributed by atoms with Gasteiger partial charge in [0.1, 0.15) is 0 Å². The first-order chi connectivity index (χ1) is 21.6. The van der Waals surface area contributed by atoms with Gasteiger partial charge in [-0.1, -0.05) is 144 Å². The van der Waals surface area contributed by atoms with Crippen LogP contribution in [0.25, 0.3) is 0 Å². The Morgan fingerprint density at radius 2 is 1.40 bits per heavy atom. The summed E-state index contributed by atoms with van der Waals surface area (Å²) in [6.45, 7) is 12.5. The van der Waals surface area contributed by atoms with E-state index in [1.807, 2.05) is 53.8 Å². The SMILES string of the molecule is CC1(C)CN(C(=O)Cc2ccccc2)c2ccccc2C1n1cncc1CO[Si](c1ccccc1)(c1ccccc1)C(C)(C)C. The van der Waals surface area contributed by atoms with Crippen LogP contribution in [0.1, 0.15) is 57.5 Å². The van der Waals surface area contributed by atoms with E-state index < -0.39 is 8.32 Å². The van der Waals surface area contributed by atoms with Crippen LogP contribution < -0.4 is 15.3 Å². The quantitative estimate of drug-likeness (QED) is 0.175. The lowest BCUT2D eigenvalue weighted by molar-refractivity contribution is -0.118. The second-order valence-corrected chi connectivity index (χ2v) is 18.1. The Hall–Kier alpha value is -4.26. The minimum Gasteiger partial charge on any atom is -0.402 e. The number of imidazole rings is 1. The molecule has 1 aliphatic heterocycles. The molecule has 1 aromatic heterocycles. The number of amides is 1. The summed E-state index contributed by atoms with van der Waals surface area (Å²) in [6, 6.07) is 39.8. The number of rotatable bonds is 8. The molecule has 1 aliphatic rings. The molecule has 0 aliphatic carbocycles. The number of benzene rings is 4. The van der Waals surface area contributed by atoms with Crippen molar-refractivity contribution < 1.29 is 9.22 Å². The van der Waals surface area contributed by atoms with E-state index in [1.54, 1.807) is 0 Å². The van der Waals surface area contributed by atoms with Crippen LogP contribution in [0.4, 0.5) is 5.69 Å². The highest BCUT2D eigenvalue weighted by atomic mass is 28.4. The van der Waals surface area contributed by atoms with E-state index in [0.29, 0.717) is 19.6 Å². The summed E-state index contributed by atoms with van der Waals surface area (Å²) in [4.78, 5) is 20.4. The molecular formula is C39H43N3O2Si. The van der Waals surface area contributed by atoms with Gasteiger partial charge in [0.15, 0.2) is 0 Å². The zero-order valence-electron chi connectivity index (χ0n) is 27.0. The van der Waals surface area contributed by atoms with Crippen LogP contribution >= 0.6 is 0 Å². The van der Waals surface area contributed by atoms with Crippen LogP contribution in [-0.2, 0) is 22.2 Å². The van der Waals surface area contributed by atoms with Crippen LogP contribution in [0.5, 0.6) is 0 Å². The summed E-state index contributed by atoms with van der Waals surface area (Å²) in [6.07, 6.45) is 4.26. The fourth-order valence-corrected chi connectivity index (χ4v) is 11.7. The smallest absolute Gasteiger partial charge is 0.261 e.